The monoisotopic (exact) mass is 273 g/mol. The third-order valence-electron chi connectivity index (χ3n) is 3.68. The highest BCUT2D eigenvalue weighted by Crippen LogP contribution is 2.17. The topological polar surface area (TPSA) is 39.1 Å². The van der Waals surface area contributed by atoms with E-state index in [1.807, 2.05) is 13.8 Å². The first-order valence-corrected chi connectivity index (χ1v) is 7.45. The van der Waals surface area contributed by atoms with E-state index in [0.29, 0.717) is 0 Å². The Hall–Kier alpha value is -1.53. The van der Waals surface area contributed by atoms with Crippen molar-refractivity contribution in [3.8, 4) is 6.07 Å². The van der Waals surface area contributed by atoms with Crippen LogP contribution in [0.2, 0.25) is 0 Å². The number of hydrogen-bond donors (Lipinski definition) is 1. The molecule has 0 fully saturated rings. The average Bonchev–Trinajstić information content (AvgIpc) is 2.44. The highest BCUT2D eigenvalue weighted by atomic mass is 15.1. The first-order valence-electron chi connectivity index (χ1n) is 7.45. The minimum absolute atomic E-state index is 0.378. The molecule has 20 heavy (non-hydrogen) atoms. The molecular formula is C17H27N3. The van der Waals surface area contributed by atoms with Crippen LogP contribution in [0.5, 0.6) is 0 Å². The van der Waals surface area contributed by atoms with Crippen molar-refractivity contribution in [2.24, 2.45) is 0 Å². The summed E-state index contributed by atoms with van der Waals surface area (Å²) in [5.74, 6) is 0. The summed E-state index contributed by atoms with van der Waals surface area (Å²) in [4.78, 5) is 2.28. The first kappa shape index (κ1) is 16.5. The molecule has 0 aliphatic heterocycles. The van der Waals surface area contributed by atoms with Crippen molar-refractivity contribution in [3.05, 3.63) is 29.8 Å². The molecule has 0 spiro atoms. The van der Waals surface area contributed by atoms with Crippen LogP contribution >= 0.6 is 0 Å². The van der Waals surface area contributed by atoms with Crippen molar-refractivity contribution >= 4 is 5.69 Å². The second-order valence-electron chi connectivity index (χ2n) is 5.69. The van der Waals surface area contributed by atoms with Crippen molar-refractivity contribution in [1.82, 2.24) is 5.32 Å². The fourth-order valence-corrected chi connectivity index (χ4v) is 2.40. The van der Waals surface area contributed by atoms with E-state index in [-0.39, 0.29) is 5.54 Å². The Balaban J connectivity index is 2.36. The Morgan fingerprint density at radius 1 is 1.35 bits per heavy atom. The number of unbranched alkanes of at least 4 members (excludes halogenated alkanes) is 1. The lowest BCUT2D eigenvalue weighted by molar-refractivity contribution is 0.412. The molecule has 0 aliphatic rings. The van der Waals surface area contributed by atoms with Crippen molar-refractivity contribution < 1.29 is 0 Å². The lowest BCUT2D eigenvalue weighted by atomic mass is 9.96. The number of hydrogen-bond acceptors (Lipinski definition) is 3. The maximum Gasteiger partial charge on any atom is 0.103 e. The van der Waals surface area contributed by atoms with Gasteiger partial charge < -0.3 is 4.90 Å². The van der Waals surface area contributed by atoms with Gasteiger partial charge in [-0.25, -0.2) is 0 Å². The van der Waals surface area contributed by atoms with Crippen LogP contribution in [-0.2, 0) is 0 Å². The summed E-state index contributed by atoms with van der Waals surface area (Å²) < 4.78 is 0. The van der Waals surface area contributed by atoms with Crippen molar-refractivity contribution in [3.63, 3.8) is 0 Å². The van der Waals surface area contributed by atoms with Crippen LogP contribution in [0, 0.1) is 18.3 Å². The number of anilines is 1. The van der Waals surface area contributed by atoms with Gasteiger partial charge in [0.15, 0.2) is 0 Å². The Kier molecular flexibility index (Phi) is 6.54. The van der Waals surface area contributed by atoms with E-state index in [9.17, 15) is 5.26 Å². The zero-order chi connectivity index (χ0) is 15.0. The molecule has 3 nitrogen and oxygen atoms in total. The van der Waals surface area contributed by atoms with Crippen LogP contribution in [0.25, 0.3) is 0 Å². The summed E-state index contributed by atoms with van der Waals surface area (Å²) in [5.41, 5.74) is 2.18. The maximum atomic E-state index is 9.21. The van der Waals surface area contributed by atoms with E-state index in [4.69, 9.17) is 0 Å². The van der Waals surface area contributed by atoms with Gasteiger partial charge in [-0.3, -0.25) is 5.32 Å². The molecule has 1 atom stereocenters. The number of nitriles is 1. The molecule has 1 aromatic carbocycles. The second-order valence-corrected chi connectivity index (χ2v) is 5.69. The summed E-state index contributed by atoms with van der Waals surface area (Å²) in [6.45, 7) is 8.01. The summed E-state index contributed by atoms with van der Waals surface area (Å²) in [5, 5.41) is 12.5. The van der Waals surface area contributed by atoms with E-state index in [1.165, 1.54) is 11.3 Å². The van der Waals surface area contributed by atoms with Crippen LogP contribution in [0.1, 0.15) is 38.7 Å². The minimum atomic E-state index is -0.378. The summed E-state index contributed by atoms with van der Waals surface area (Å²) in [6.07, 6.45) is 3.07. The molecule has 3 heteroatoms. The largest absolute Gasteiger partial charge is 0.375 e. The molecule has 1 rings (SSSR count). The van der Waals surface area contributed by atoms with E-state index in [2.05, 4.69) is 54.5 Å². The molecule has 0 saturated heterocycles. The Labute approximate surface area is 123 Å². The van der Waals surface area contributed by atoms with E-state index >= 15 is 0 Å². The van der Waals surface area contributed by atoms with Crippen molar-refractivity contribution in [2.75, 3.05) is 25.0 Å². The molecule has 0 aromatic heterocycles. The second kappa shape index (κ2) is 7.91. The van der Waals surface area contributed by atoms with Crippen LogP contribution in [-0.4, -0.2) is 25.7 Å². The highest BCUT2D eigenvalue weighted by Gasteiger charge is 2.21. The summed E-state index contributed by atoms with van der Waals surface area (Å²) >= 11 is 0. The van der Waals surface area contributed by atoms with Gasteiger partial charge in [-0.1, -0.05) is 19.1 Å². The van der Waals surface area contributed by atoms with E-state index in [0.717, 1.165) is 32.4 Å². The molecule has 0 amide bonds. The lowest BCUT2D eigenvalue weighted by Gasteiger charge is -2.24. The average molecular weight is 273 g/mol. The van der Waals surface area contributed by atoms with Gasteiger partial charge in [0.25, 0.3) is 0 Å². The number of benzene rings is 1. The zero-order valence-corrected chi connectivity index (χ0v) is 13.2. The quantitative estimate of drug-likeness (QED) is 0.737. The fraction of sp³-hybridized carbons (Fsp3) is 0.588. The number of rotatable bonds is 8. The first-order chi connectivity index (χ1) is 9.50. The predicted molar refractivity (Wildman–Crippen MR) is 86.0 cm³/mol. The fourth-order valence-electron chi connectivity index (χ4n) is 2.40. The third-order valence-corrected chi connectivity index (χ3v) is 3.68. The minimum Gasteiger partial charge on any atom is -0.375 e. The molecule has 0 heterocycles. The van der Waals surface area contributed by atoms with Crippen molar-refractivity contribution in [1.29, 1.82) is 5.26 Å². The van der Waals surface area contributed by atoms with Gasteiger partial charge in [-0.15, -0.1) is 0 Å². The van der Waals surface area contributed by atoms with Gasteiger partial charge >= 0.3 is 0 Å². The molecular weight excluding hydrogens is 246 g/mol. The van der Waals surface area contributed by atoms with Crippen LogP contribution in [0.15, 0.2) is 24.3 Å². The van der Waals surface area contributed by atoms with Crippen LogP contribution in [0.4, 0.5) is 5.69 Å². The molecule has 1 unspecified atom stereocenters. The SMILES string of the molecule is CCNC(C)(C#N)CCCCN(C)c1cccc(C)c1. The van der Waals surface area contributed by atoms with Gasteiger partial charge in [0.2, 0.25) is 0 Å². The summed E-state index contributed by atoms with van der Waals surface area (Å²) in [7, 11) is 2.13. The Morgan fingerprint density at radius 2 is 2.10 bits per heavy atom. The lowest BCUT2D eigenvalue weighted by Crippen LogP contribution is -2.40. The van der Waals surface area contributed by atoms with Gasteiger partial charge in [0, 0.05) is 19.3 Å². The molecule has 1 aromatic rings. The smallest absolute Gasteiger partial charge is 0.103 e. The molecule has 1 N–H and O–H groups in total. The third kappa shape index (κ3) is 5.22. The highest BCUT2D eigenvalue weighted by molar-refractivity contribution is 5.47. The Bertz CT molecular complexity index is 450. The predicted octanol–water partition coefficient (Wildman–Crippen LogP) is 3.49. The molecule has 110 valence electrons. The standard InChI is InChI=1S/C17H27N3/c1-5-19-17(3,14-18)11-6-7-12-20(4)16-10-8-9-15(2)13-16/h8-10,13,19H,5-7,11-12H2,1-4H3. The van der Waals surface area contributed by atoms with E-state index in [1.54, 1.807) is 0 Å². The summed E-state index contributed by atoms with van der Waals surface area (Å²) in [6, 6.07) is 10.9. The molecule has 0 aliphatic carbocycles. The molecule has 0 radical (unpaired) electrons. The van der Waals surface area contributed by atoms with Crippen LogP contribution < -0.4 is 10.2 Å². The molecule has 0 bridgehead atoms. The van der Waals surface area contributed by atoms with Gasteiger partial charge in [-0.2, -0.15) is 5.26 Å². The van der Waals surface area contributed by atoms with E-state index < -0.39 is 0 Å². The normalized spacial score (nSPS) is 13.6. The zero-order valence-electron chi connectivity index (χ0n) is 13.2. The van der Waals surface area contributed by atoms with Crippen molar-refractivity contribution in [2.45, 2.75) is 45.6 Å². The van der Waals surface area contributed by atoms with Gasteiger partial charge in [0.1, 0.15) is 5.54 Å². The van der Waals surface area contributed by atoms with Gasteiger partial charge in [-0.05, 0) is 57.4 Å². The Morgan fingerprint density at radius 3 is 2.70 bits per heavy atom. The number of nitrogens with one attached hydrogen (secondary N) is 1. The van der Waals surface area contributed by atoms with Gasteiger partial charge in [0.05, 0.1) is 6.07 Å². The maximum absolute atomic E-state index is 9.21. The van der Waals surface area contributed by atoms with Crippen LogP contribution in [0.3, 0.4) is 0 Å². The number of nitrogens with zero attached hydrogens (tertiary/aromatic N) is 2. The number of aryl methyl sites for hydroxylation is 1. The molecule has 0 saturated carbocycles.